The fourth-order valence-electron chi connectivity index (χ4n) is 2.36. The molecule has 1 fully saturated rings. The van der Waals surface area contributed by atoms with E-state index in [4.69, 9.17) is 4.74 Å². The van der Waals surface area contributed by atoms with E-state index in [1.165, 1.54) is 6.92 Å². The number of carboxylic acids is 1. The summed E-state index contributed by atoms with van der Waals surface area (Å²) in [5.41, 5.74) is -0.601. The van der Waals surface area contributed by atoms with Crippen molar-refractivity contribution < 1.29 is 24.2 Å². The monoisotopic (exact) mass is 282 g/mol. The lowest BCUT2D eigenvalue weighted by Gasteiger charge is -2.41. The van der Waals surface area contributed by atoms with Gasteiger partial charge in [0.05, 0.1) is 0 Å². The van der Waals surface area contributed by atoms with E-state index in [-0.39, 0.29) is 24.1 Å². The van der Waals surface area contributed by atoms with Crippen LogP contribution in [0.1, 0.15) is 27.7 Å². The maximum atomic E-state index is 12.0. The Morgan fingerprint density at radius 2 is 2.00 bits per heavy atom. The van der Waals surface area contributed by atoms with Crippen molar-refractivity contribution in [2.24, 2.45) is 11.3 Å². The number of nitrogens with zero attached hydrogens (tertiary/aromatic N) is 1. The lowest BCUT2D eigenvalue weighted by molar-refractivity contribution is -0.172. The summed E-state index contributed by atoms with van der Waals surface area (Å²) in [6.07, 6.45) is -0.630. The number of hydrogen-bond acceptors (Lipinski definition) is 4. The molecule has 7 heteroatoms. The van der Waals surface area contributed by atoms with Crippen molar-refractivity contribution in [1.82, 2.24) is 10.2 Å². The summed E-state index contributed by atoms with van der Waals surface area (Å²) in [5.74, 6) is -1.98. The Bertz CT molecular complexity index is 517. The van der Waals surface area contributed by atoms with Crippen LogP contribution in [0.3, 0.4) is 0 Å². The largest absolute Gasteiger partial charge is 0.476 e. The number of amides is 2. The molecule has 0 unspecified atom stereocenters. The molecule has 0 spiro atoms. The Morgan fingerprint density at radius 3 is 2.45 bits per heavy atom. The number of carboxylic acid groups (broad SMARTS) is 1. The Morgan fingerprint density at radius 1 is 1.40 bits per heavy atom. The van der Waals surface area contributed by atoms with Crippen molar-refractivity contribution >= 4 is 17.8 Å². The molecule has 0 aromatic rings. The zero-order valence-electron chi connectivity index (χ0n) is 11.9. The summed E-state index contributed by atoms with van der Waals surface area (Å²) in [6, 6.07) is 0. The average molecular weight is 282 g/mol. The van der Waals surface area contributed by atoms with Crippen LogP contribution in [0.4, 0.5) is 0 Å². The van der Waals surface area contributed by atoms with Crippen molar-refractivity contribution in [3.05, 3.63) is 11.5 Å². The first-order valence-electron chi connectivity index (χ1n) is 6.37. The van der Waals surface area contributed by atoms with Gasteiger partial charge in [0.15, 0.2) is 11.9 Å². The van der Waals surface area contributed by atoms with E-state index in [0.29, 0.717) is 5.76 Å². The quantitative estimate of drug-likeness (QED) is 0.725. The van der Waals surface area contributed by atoms with Crippen LogP contribution < -0.4 is 5.32 Å². The third-order valence-electron chi connectivity index (χ3n) is 3.30. The highest BCUT2D eigenvalue weighted by molar-refractivity contribution is 5.98. The first-order valence-corrected chi connectivity index (χ1v) is 6.37. The number of carbonyl (C=O) groups excluding carboxylic acids is 2. The topological polar surface area (TPSA) is 95.9 Å². The zero-order chi connectivity index (χ0) is 15.2. The second kappa shape index (κ2) is 4.50. The van der Waals surface area contributed by atoms with Gasteiger partial charge in [0.2, 0.25) is 11.8 Å². The summed E-state index contributed by atoms with van der Waals surface area (Å²) < 4.78 is 5.67. The molecule has 2 N–H and O–H groups in total. The summed E-state index contributed by atoms with van der Waals surface area (Å²) >= 11 is 0. The summed E-state index contributed by atoms with van der Waals surface area (Å²) in [4.78, 5) is 35.5. The van der Waals surface area contributed by atoms with Gasteiger partial charge in [0.1, 0.15) is 11.7 Å². The van der Waals surface area contributed by atoms with E-state index < -0.39 is 23.5 Å². The second-order valence-corrected chi connectivity index (χ2v) is 5.99. The smallest absolute Gasteiger partial charge is 0.356 e. The van der Waals surface area contributed by atoms with Crippen molar-refractivity contribution in [1.29, 1.82) is 0 Å². The van der Waals surface area contributed by atoms with Gasteiger partial charge in [-0.2, -0.15) is 0 Å². The van der Waals surface area contributed by atoms with Gasteiger partial charge in [0.25, 0.3) is 0 Å². The fraction of sp³-hybridized carbons (Fsp3) is 0.615. The molecule has 0 saturated carbocycles. The molecule has 2 aliphatic heterocycles. The molecule has 0 aromatic heterocycles. The molecule has 1 saturated heterocycles. The van der Waals surface area contributed by atoms with Gasteiger partial charge < -0.3 is 15.2 Å². The van der Waals surface area contributed by atoms with E-state index in [9.17, 15) is 19.5 Å². The lowest BCUT2D eigenvalue weighted by atomic mass is 9.91. The predicted molar refractivity (Wildman–Crippen MR) is 68.0 cm³/mol. The van der Waals surface area contributed by atoms with Crippen LogP contribution in [0.2, 0.25) is 0 Å². The third-order valence-corrected chi connectivity index (χ3v) is 3.30. The van der Waals surface area contributed by atoms with Gasteiger partial charge in [-0.25, -0.2) is 4.79 Å². The minimum atomic E-state index is -1.18. The second-order valence-electron chi connectivity index (χ2n) is 5.99. The molecule has 2 atom stereocenters. The summed E-state index contributed by atoms with van der Waals surface area (Å²) in [7, 11) is 0. The van der Waals surface area contributed by atoms with Crippen molar-refractivity contribution in [3.8, 4) is 0 Å². The highest BCUT2D eigenvalue weighted by atomic mass is 16.5. The number of hydrogen-bond donors (Lipinski definition) is 2. The van der Waals surface area contributed by atoms with Crippen LogP contribution in [-0.4, -0.2) is 40.6 Å². The van der Waals surface area contributed by atoms with Crippen LogP contribution in [-0.2, 0) is 19.1 Å². The number of allylic oxidation sites excluding steroid dienone is 1. The Balaban J connectivity index is 2.23. The number of carbonyl (C=O) groups is 3. The lowest BCUT2D eigenvalue weighted by Crippen LogP contribution is -2.62. The van der Waals surface area contributed by atoms with E-state index >= 15 is 0 Å². The normalized spacial score (nSPS) is 25.0. The Kier molecular flexibility index (Phi) is 3.23. The van der Waals surface area contributed by atoms with Gasteiger partial charge in [-0.1, -0.05) is 20.8 Å². The molecule has 0 radical (unpaired) electrons. The third kappa shape index (κ3) is 2.13. The number of fused-ring (bicyclic) bond motifs is 1. The van der Waals surface area contributed by atoms with Crippen molar-refractivity contribution in [3.63, 3.8) is 0 Å². The minimum absolute atomic E-state index is 0.0911. The predicted octanol–water partition coefficient (Wildman–Crippen LogP) is 0.279. The molecular formula is C13H18N2O5. The molecular weight excluding hydrogens is 264 g/mol. The van der Waals surface area contributed by atoms with E-state index in [1.807, 2.05) is 20.8 Å². The molecule has 2 heterocycles. The summed E-state index contributed by atoms with van der Waals surface area (Å²) in [5, 5.41) is 11.8. The molecule has 0 bridgehead atoms. The standard InChI is InChI=1S/C13H18N2O5/c1-6(16)14-5-7-10(17)15-8(12(18)19)9(13(2,3)4)20-11(7)15/h7,11H,5H2,1-4H3,(H,14,16)(H,18,19)/t7-,11+/m0/s1. The van der Waals surface area contributed by atoms with E-state index in [0.717, 1.165) is 4.90 Å². The highest BCUT2D eigenvalue weighted by Crippen LogP contribution is 2.45. The summed E-state index contributed by atoms with van der Waals surface area (Å²) in [6.45, 7) is 6.98. The van der Waals surface area contributed by atoms with E-state index in [1.54, 1.807) is 0 Å². The van der Waals surface area contributed by atoms with Crippen LogP contribution >= 0.6 is 0 Å². The number of nitrogens with one attached hydrogen (secondary N) is 1. The van der Waals surface area contributed by atoms with Gasteiger partial charge in [-0.3, -0.25) is 14.5 Å². The first kappa shape index (κ1) is 14.4. The SMILES string of the molecule is CC(=O)NC[C@H]1C(=O)N2C(C(=O)O)=C(C(C)(C)C)O[C@H]12. The first-order chi connectivity index (χ1) is 9.14. The molecule has 2 amide bonds. The molecule has 7 nitrogen and oxygen atoms in total. The van der Waals surface area contributed by atoms with Gasteiger partial charge >= 0.3 is 5.97 Å². The maximum Gasteiger partial charge on any atom is 0.356 e. The van der Waals surface area contributed by atoms with Gasteiger partial charge in [-0.15, -0.1) is 0 Å². The number of rotatable bonds is 3. The van der Waals surface area contributed by atoms with Crippen molar-refractivity contribution in [2.45, 2.75) is 33.9 Å². The molecule has 20 heavy (non-hydrogen) atoms. The molecule has 2 rings (SSSR count). The number of aliphatic carboxylic acids is 1. The van der Waals surface area contributed by atoms with E-state index in [2.05, 4.69) is 5.32 Å². The van der Waals surface area contributed by atoms with Crippen LogP contribution in [0, 0.1) is 11.3 Å². The molecule has 2 aliphatic rings. The van der Waals surface area contributed by atoms with Crippen LogP contribution in [0.25, 0.3) is 0 Å². The molecule has 110 valence electrons. The van der Waals surface area contributed by atoms with Gasteiger partial charge in [-0.05, 0) is 0 Å². The average Bonchev–Trinajstić information content (AvgIpc) is 2.64. The highest BCUT2D eigenvalue weighted by Gasteiger charge is 2.58. The maximum absolute atomic E-state index is 12.0. The molecule has 0 aliphatic carbocycles. The fourth-order valence-corrected chi connectivity index (χ4v) is 2.36. The molecule has 0 aromatic carbocycles. The Labute approximate surface area is 116 Å². The van der Waals surface area contributed by atoms with Crippen LogP contribution in [0.5, 0.6) is 0 Å². The minimum Gasteiger partial charge on any atom is -0.476 e. The van der Waals surface area contributed by atoms with Gasteiger partial charge in [0, 0.05) is 18.9 Å². The zero-order valence-corrected chi connectivity index (χ0v) is 11.9. The Hall–Kier alpha value is -2.05. The van der Waals surface area contributed by atoms with Crippen molar-refractivity contribution in [2.75, 3.05) is 6.54 Å². The number of ether oxygens (including phenoxy) is 1. The number of β-lactam (4-membered cyclic amide) rings is 1. The van der Waals surface area contributed by atoms with Crippen LogP contribution in [0.15, 0.2) is 11.5 Å².